The quantitative estimate of drug-likeness (QED) is 0.198. The van der Waals surface area contributed by atoms with Gasteiger partial charge < -0.3 is 20.5 Å². The number of imidazole rings is 1. The van der Waals surface area contributed by atoms with Crippen molar-refractivity contribution in [2.45, 2.75) is 31.0 Å². The van der Waals surface area contributed by atoms with E-state index in [1.165, 1.54) is 17.9 Å². The molecule has 1 amide bonds. The summed E-state index contributed by atoms with van der Waals surface area (Å²) in [4.78, 5) is 27.6. The fraction of sp³-hybridized carbons (Fsp3) is 0.333. The second-order valence-electron chi connectivity index (χ2n) is 7.00. The topological polar surface area (TPSA) is 163 Å². The number of azide groups is 1. The number of anilines is 1. The van der Waals surface area contributed by atoms with Gasteiger partial charge in [0.2, 0.25) is 11.2 Å². The maximum atomic E-state index is 12.2. The highest BCUT2D eigenvalue weighted by Crippen LogP contribution is 2.35. The molecule has 1 fully saturated rings. The molecule has 1 aliphatic rings. The summed E-state index contributed by atoms with van der Waals surface area (Å²) in [6.07, 6.45) is -2.31. The van der Waals surface area contributed by atoms with Gasteiger partial charge in [-0.3, -0.25) is 9.36 Å². The zero-order chi connectivity index (χ0) is 23.7. The van der Waals surface area contributed by atoms with E-state index in [9.17, 15) is 9.90 Å². The largest absolute Gasteiger partial charge is 0.388 e. The smallest absolute Gasteiger partial charge is 0.249 e. The summed E-state index contributed by atoms with van der Waals surface area (Å²) >= 11 is 18.4. The number of nitrogens with one attached hydrogen (secondary N) is 2. The van der Waals surface area contributed by atoms with Crippen LogP contribution in [0.5, 0.6) is 0 Å². The Morgan fingerprint density at radius 1 is 1.36 bits per heavy atom. The maximum Gasteiger partial charge on any atom is 0.249 e. The zero-order valence-electron chi connectivity index (χ0n) is 16.9. The van der Waals surface area contributed by atoms with Crippen molar-refractivity contribution in [3.8, 4) is 0 Å². The molecule has 1 aromatic carbocycles. The third-order valence-corrected chi connectivity index (χ3v) is 5.82. The number of hydrogen-bond donors (Lipinski definition) is 3. The second-order valence-corrected chi connectivity index (χ2v) is 8.18. The van der Waals surface area contributed by atoms with E-state index in [4.69, 9.17) is 45.1 Å². The average Bonchev–Trinajstić information content (AvgIpc) is 3.35. The summed E-state index contributed by atoms with van der Waals surface area (Å²) in [6, 6.07) is 3.92. The Morgan fingerprint density at radius 3 is 2.88 bits per heavy atom. The molecule has 0 radical (unpaired) electrons. The number of carbonyl (C=O) groups excluding carboxylic acids is 1. The Bertz CT molecular complexity index is 1260. The van der Waals surface area contributed by atoms with Crippen molar-refractivity contribution in [1.29, 1.82) is 0 Å². The van der Waals surface area contributed by atoms with Crippen LogP contribution in [0.25, 0.3) is 21.6 Å². The predicted molar refractivity (Wildman–Crippen MR) is 121 cm³/mol. The molecule has 3 N–H and O–H groups in total. The summed E-state index contributed by atoms with van der Waals surface area (Å²) in [5, 5.41) is 20.7. The van der Waals surface area contributed by atoms with Crippen molar-refractivity contribution in [3.05, 3.63) is 55.9 Å². The van der Waals surface area contributed by atoms with Crippen LogP contribution in [0.2, 0.25) is 15.3 Å². The molecular formula is C18H16Cl3N9O3. The lowest BCUT2D eigenvalue weighted by atomic mass is 10.1. The lowest BCUT2D eigenvalue weighted by molar-refractivity contribution is -0.134. The van der Waals surface area contributed by atoms with Crippen LogP contribution in [0.4, 0.5) is 5.82 Å². The number of aliphatic hydroxyl groups excluding tert-OH is 1. The number of hydrogen-bond acceptors (Lipinski definition) is 8. The molecule has 1 saturated heterocycles. The monoisotopic (exact) mass is 511 g/mol. The highest BCUT2D eigenvalue weighted by molar-refractivity contribution is 6.33. The molecule has 0 bridgehead atoms. The first-order chi connectivity index (χ1) is 15.8. The van der Waals surface area contributed by atoms with Crippen molar-refractivity contribution < 1.29 is 14.6 Å². The number of halogens is 3. The summed E-state index contributed by atoms with van der Waals surface area (Å²) in [7, 11) is 1.41. The van der Waals surface area contributed by atoms with Gasteiger partial charge in [0.1, 0.15) is 18.2 Å². The first-order valence-corrected chi connectivity index (χ1v) is 10.6. The number of benzene rings is 1. The predicted octanol–water partition coefficient (Wildman–Crippen LogP) is 3.08. The Morgan fingerprint density at radius 2 is 2.15 bits per heavy atom. The molecule has 4 rings (SSSR count). The lowest BCUT2D eigenvalue weighted by Crippen LogP contribution is -2.40. The van der Waals surface area contributed by atoms with Crippen LogP contribution in [0, 0.1) is 0 Å². The van der Waals surface area contributed by atoms with E-state index in [2.05, 4.69) is 35.6 Å². The number of ether oxygens (including phenoxy) is 1. The number of nitrogens with zero attached hydrogens (tertiary/aromatic N) is 7. The molecule has 15 heteroatoms. The van der Waals surface area contributed by atoms with Gasteiger partial charge in [-0.25, -0.2) is 4.98 Å². The van der Waals surface area contributed by atoms with Crippen LogP contribution < -0.4 is 10.6 Å². The van der Waals surface area contributed by atoms with Gasteiger partial charge in [-0.2, -0.15) is 9.97 Å². The number of likely N-dealkylation sites (N-methyl/N-ethyl adjacent to an activating group) is 1. The average molecular weight is 513 g/mol. The first kappa shape index (κ1) is 23.3. The molecule has 3 aromatic rings. The SMILES string of the molecule is CNC(=O)C1OC(n2cnc3c(NCc4cc(Cl)ccc4Cl)nc(Cl)nc32)C(O)C1N=[N+]=[N-]. The van der Waals surface area contributed by atoms with Crippen LogP contribution in [0.1, 0.15) is 11.8 Å². The number of carbonyl (C=O) groups is 1. The maximum absolute atomic E-state index is 12.2. The molecule has 2 aromatic heterocycles. The van der Waals surface area contributed by atoms with Crippen LogP contribution in [-0.2, 0) is 16.1 Å². The number of aliphatic hydroxyl groups is 1. The van der Waals surface area contributed by atoms with Gasteiger partial charge in [0.05, 0.1) is 6.33 Å². The normalized spacial score (nSPS) is 22.2. The molecule has 0 saturated carbocycles. The molecule has 3 heterocycles. The van der Waals surface area contributed by atoms with Gasteiger partial charge in [-0.15, -0.1) is 0 Å². The minimum atomic E-state index is -1.35. The van der Waals surface area contributed by atoms with Gasteiger partial charge in [0.15, 0.2) is 23.2 Å². The van der Waals surface area contributed by atoms with E-state index in [-0.39, 0.29) is 17.5 Å². The molecule has 0 aliphatic carbocycles. The lowest BCUT2D eigenvalue weighted by Gasteiger charge is -2.17. The molecule has 33 heavy (non-hydrogen) atoms. The highest BCUT2D eigenvalue weighted by atomic mass is 35.5. The Labute approximate surface area is 201 Å². The number of aromatic nitrogens is 4. The molecule has 12 nitrogen and oxygen atoms in total. The van der Waals surface area contributed by atoms with Crippen LogP contribution in [0.15, 0.2) is 29.6 Å². The Kier molecular flexibility index (Phi) is 6.75. The van der Waals surface area contributed by atoms with Gasteiger partial charge in [-0.05, 0) is 40.9 Å². The van der Waals surface area contributed by atoms with Gasteiger partial charge in [0.25, 0.3) is 0 Å². The van der Waals surface area contributed by atoms with Gasteiger partial charge in [-0.1, -0.05) is 28.3 Å². The number of fused-ring (bicyclic) bond motifs is 1. The van der Waals surface area contributed by atoms with Crippen molar-refractivity contribution in [2.24, 2.45) is 5.11 Å². The summed E-state index contributed by atoms with van der Waals surface area (Å²) in [5.41, 5.74) is 10.1. The van der Waals surface area contributed by atoms with Crippen LogP contribution in [0.3, 0.4) is 0 Å². The van der Waals surface area contributed by atoms with Crippen molar-refractivity contribution in [1.82, 2.24) is 24.8 Å². The molecule has 0 spiro atoms. The second kappa shape index (κ2) is 9.56. The van der Waals surface area contributed by atoms with Crippen LogP contribution >= 0.6 is 34.8 Å². The third-order valence-electron chi connectivity index (χ3n) is 5.05. The summed E-state index contributed by atoms with van der Waals surface area (Å²) in [6.45, 7) is 0.273. The first-order valence-electron chi connectivity index (χ1n) is 9.51. The Hall–Kier alpha value is -2.86. The third kappa shape index (κ3) is 4.49. The van der Waals surface area contributed by atoms with Crippen molar-refractivity contribution in [2.75, 3.05) is 12.4 Å². The Balaban J connectivity index is 1.68. The number of rotatable bonds is 6. The number of amides is 1. The van der Waals surface area contributed by atoms with E-state index in [0.29, 0.717) is 21.4 Å². The van der Waals surface area contributed by atoms with Gasteiger partial charge in [0, 0.05) is 28.5 Å². The van der Waals surface area contributed by atoms with Crippen molar-refractivity contribution >= 4 is 57.7 Å². The zero-order valence-corrected chi connectivity index (χ0v) is 19.1. The molecular weight excluding hydrogens is 497 g/mol. The van der Waals surface area contributed by atoms with E-state index in [1.807, 2.05) is 0 Å². The van der Waals surface area contributed by atoms with E-state index in [0.717, 1.165) is 5.56 Å². The fourth-order valence-electron chi connectivity index (χ4n) is 3.49. The molecule has 4 atom stereocenters. The van der Waals surface area contributed by atoms with Gasteiger partial charge >= 0.3 is 0 Å². The minimum Gasteiger partial charge on any atom is -0.388 e. The molecule has 4 unspecified atom stereocenters. The van der Waals surface area contributed by atoms with E-state index >= 15 is 0 Å². The van der Waals surface area contributed by atoms with Crippen LogP contribution in [-0.4, -0.2) is 55.8 Å². The standard InChI is InChI=1S/C18H16Cl3N9O3/c1-23-16(32)13-10(28-29-22)12(31)17(33-13)30-6-25-11-14(26-18(21)27-15(11)30)24-5-7-4-8(19)2-3-9(7)20/h2-4,6,10,12-13,17,31H,5H2,1H3,(H,23,32)(H,24,26,27). The van der Waals surface area contributed by atoms with Crippen molar-refractivity contribution in [3.63, 3.8) is 0 Å². The summed E-state index contributed by atoms with van der Waals surface area (Å²) < 4.78 is 7.12. The van der Waals surface area contributed by atoms with E-state index < -0.39 is 30.4 Å². The molecule has 1 aliphatic heterocycles. The summed E-state index contributed by atoms with van der Waals surface area (Å²) in [5.74, 6) is -0.242. The highest BCUT2D eigenvalue weighted by Gasteiger charge is 2.48. The molecule has 172 valence electrons. The fourth-order valence-corrected chi connectivity index (χ4v) is 4.04. The van der Waals surface area contributed by atoms with E-state index in [1.54, 1.807) is 18.2 Å². The minimum absolute atomic E-state index is 0.0918.